The predicted molar refractivity (Wildman–Crippen MR) is 82.2 cm³/mol. The molecule has 3 aromatic rings. The fraction of sp³-hybridized carbons (Fsp3) is 0.125. The van der Waals surface area contributed by atoms with E-state index < -0.39 is 0 Å². The summed E-state index contributed by atoms with van der Waals surface area (Å²) in [4.78, 5) is 17.0. The average molecular weight is 277 g/mol. The topological polar surface area (TPSA) is 63.6 Å². The number of benzene rings is 1. The van der Waals surface area contributed by atoms with Gasteiger partial charge in [-0.3, -0.25) is 9.97 Å². The Morgan fingerprint density at radius 3 is 2.48 bits per heavy atom. The first kappa shape index (κ1) is 13.2. The molecule has 5 heteroatoms. The summed E-state index contributed by atoms with van der Waals surface area (Å²) in [6.45, 7) is 2.13. The van der Waals surface area contributed by atoms with Crippen LogP contribution in [0.2, 0.25) is 0 Å². The molecule has 0 saturated carbocycles. The van der Waals surface area contributed by atoms with Crippen LogP contribution in [0.1, 0.15) is 12.5 Å². The van der Waals surface area contributed by atoms with Crippen LogP contribution >= 0.6 is 0 Å². The number of aryl methyl sites for hydroxylation is 1. The van der Waals surface area contributed by atoms with Crippen LogP contribution in [0.4, 0.5) is 11.6 Å². The van der Waals surface area contributed by atoms with Crippen molar-refractivity contribution < 1.29 is 0 Å². The van der Waals surface area contributed by atoms with E-state index in [0.717, 1.165) is 23.5 Å². The van der Waals surface area contributed by atoms with Gasteiger partial charge in [0.05, 0.1) is 11.9 Å². The second-order valence-corrected chi connectivity index (χ2v) is 4.53. The summed E-state index contributed by atoms with van der Waals surface area (Å²) in [5.74, 6) is 0.544. The molecule has 0 atom stereocenters. The molecule has 5 nitrogen and oxygen atoms in total. The van der Waals surface area contributed by atoms with Gasteiger partial charge >= 0.3 is 0 Å². The first-order chi connectivity index (χ1) is 10.3. The highest BCUT2D eigenvalue weighted by molar-refractivity contribution is 5.58. The van der Waals surface area contributed by atoms with E-state index in [9.17, 15) is 0 Å². The number of hydrogen-bond acceptors (Lipinski definition) is 5. The van der Waals surface area contributed by atoms with Gasteiger partial charge in [0, 0.05) is 24.3 Å². The summed E-state index contributed by atoms with van der Waals surface area (Å²) < 4.78 is 0. The molecule has 104 valence electrons. The zero-order chi connectivity index (χ0) is 14.5. The van der Waals surface area contributed by atoms with Crippen LogP contribution in [0.3, 0.4) is 0 Å². The highest BCUT2D eigenvalue weighted by Crippen LogP contribution is 2.17. The first-order valence-electron chi connectivity index (χ1n) is 6.80. The van der Waals surface area contributed by atoms with Gasteiger partial charge in [0.25, 0.3) is 0 Å². The Kier molecular flexibility index (Phi) is 3.82. The predicted octanol–water partition coefficient (Wildman–Crippen LogP) is 3.24. The molecule has 1 aromatic carbocycles. The lowest BCUT2D eigenvalue weighted by Crippen LogP contribution is -1.98. The standard InChI is InChI=1S/C16H15N5/c1-2-12-3-5-13(6-4-12)20-16-19-8-7-14(21-16)15-11-17-9-10-18-15/h3-11H,2H2,1H3,(H,19,20,21). The SMILES string of the molecule is CCc1ccc(Nc2nccc(-c3cnccn3)n2)cc1. The molecule has 0 aliphatic rings. The van der Waals surface area contributed by atoms with Gasteiger partial charge < -0.3 is 5.32 Å². The Bertz CT molecular complexity index is 710. The molecule has 0 saturated heterocycles. The Hall–Kier alpha value is -2.82. The first-order valence-corrected chi connectivity index (χ1v) is 6.80. The maximum absolute atomic E-state index is 4.46. The molecule has 1 N–H and O–H groups in total. The third kappa shape index (κ3) is 3.20. The fourth-order valence-corrected chi connectivity index (χ4v) is 1.95. The normalized spacial score (nSPS) is 10.3. The minimum Gasteiger partial charge on any atom is -0.324 e. The fourth-order valence-electron chi connectivity index (χ4n) is 1.95. The van der Waals surface area contributed by atoms with Gasteiger partial charge in [-0.05, 0) is 30.2 Å². The average Bonchev–Trinajstić information content (AvgIpc) is 2.57. The van der Waals surface area contributed by atoms with Gasteiger partial charge in [-0.1, -0.05) is 19.1 Å². The molecular formula is C16H15N5. The zero-order valence-electron chi connectivity index (χ0n) is 11.7. The summed E-state index contributed by atoms with van der Waals surface area (Å²) >= 11 is 0. The van der Waals surface area contributed by atoms with Crippen molar-refractivity contribution >= 4 is 11.6 Å². The highest BCUT2D eigenvalue weighted by Gasteiger charge is 2.03. The highest BCUT2D eigenvalue weighted by atomic mass is 15.1. The van der Waals surface area contributed by atoms with Crippen LogP contribution < -0.4 is 5.32 Å². The van der Waals surface area contributed by atoms with E-state index in [4.69, 9.17) is 0 Å². The Morgan fingerprint density at radius 2 is 1.76 bits per heavy atom. The van der Waals surface area contributed by atoms with Crippen LogP contribution in [0.25, 0.3) is 11.4 Å². The molecule has 2 aromatic heterocycles. The Morgan fingerprint density at radius 1 is 0.905 bits per heavy atom. The van der Waals surface area contributed by atoms with Crippen molar-refractivity contribution in [3.05, 3.63) is 60.7 Å². The van der Waals surface area contributed by atoms with E-state index in [1.807, 2.05) is 18.2 Å². The molecule has 0 amide bonds. The van der Waals surface area contributed by atoms with E-state index in [1.165, 1.54) is 5.56 Å². The van der Waals surface area contributed by atoms with Crippen molar-refractivity contribution in [3.63, 3.8) is 0 Å². The number of nitrogens with one attached hydrogen (secondary N) is 1. The van der Waals surface area contributed by atoms with E-state index in [2.05, 4.69) is 44.3 Å². The molecule has 0 bridgehead atoms. The number of aromatic nitrogens is 4. The Balaban J connectivity index is 1.83. The summed E-state index contributed by atoms with van der Waals surface area (Å²) in [5.41, 5.74) is 3.73. The quantitative estimate of drug-likeness (QED) is 0.793. The van der Waals surface area contributed by atoms with Gasteiger partial charge in [0.1, 0.15) is 5.69 Å². The second kappa shape index (κ2) is 6.09. The monoisotopic (exact) mass is 277 g/mol. The smallest absolute Gasteiger partial charge is 0.227 e. The van der Waals surface area contributed by atoms with E-state index >= 15 is 0 Å². The number of anilines is 2. The van der Waals surface area contributed by atoms with E-state index in [0.29, 0.717) is 5.95 Å². The van der Waals surface area contributed by atoms with Crippen LogP contribution in [0.5, 0.6) is 0 Å². The molecule has 0 spiro atoms. The van der Waals surface area contributed by atoms with Crippen molar-refractivity contribution in [1.82, 2.24) is 19.9 Å². The lowest BCUT2D eigenvalue weighted by molar-refractivity contribution is 1.12. The third-order valence-corrected chi connectivity index (χ3v) is 3.10. The molecule has 2 heterocycles. The summed E-state index contributed by atoms with van der Waals surface area (Å²) in [6.07, 6.45) is 7.70. The van der Waals surface area contributed by atoms with E-state index in [-0.39, 0.29) is 0 Å². The molecule has 0 unspecified atom stereocenters. The van der Waals surface area contributed by atoms with Gasteiger partial charge in [0.15, 0.2) is 0 Å². The maximum atomic E-state index is 4.46. The van der Waals surface area contributed by atoms with Crippen LogP contribution in [-0.4, -0.2) is 19.9 Å². The van der Waals surface area contributed by atoms with Crippen molar-refractivity contribution in [1.29, 1.82) is 0 Å². The molecule has 0 aliphatic heterocycles. The molecule has 0 fully saturated rings. The lowest BCUT2D eigenvalue weighted by Gasteiger charge is -2.06. The van der Waals surface area contributed by atoms with E-state index in [1.54, 1.807) is 24.8 Å². The molecular weight excluding hydrogens is 262 g/mol. The van der Waals surface area contributed by atoms with Crippen LogP contribution in [0, 0.1) is 0 Å². The van der Waals surface area contributed by atoms with Crippen molar-refractivity contribution in [2.45, 2.75) is 13.3 Å². The van der Waals surface area contributed by atoms with Gasteiger partial charge in [-0.2, -0.15) is 0 Å². The largest absolute Gasteiger partial charge is 0.324 e. The van der Waals surface area contributed by atoms with Gasteiger partial charge in [-0.15, -0.1) is 0 Å². The summed E-state index contributed by atoms with van der Waals surface area (Å²) in [6, 6.07) is 10.0. The molecule has 21 heavy (non-hydrogen) atoms. The van der Waals surface area contributed by atoms with Crippen LogP contribution in [-0.2, 0) is 6.42 Å². The van der Waals surface area contributed by atoms with Gasteiger partial charge in [-0.25, -0.2) is 9.97 Å². The molecule has 0 aliphatic carbocycles. The minimum absolute atomic E-state index is 0.544. The third-order valence-electron chi connectivity index (χ3n) is 3.10. The minimum atomic E-state index is 0.544. The number of rotatable bonds is 4. The Labute approximate surface area is 123 Å². The summed E-state index contributed by atoms with van der Waals surface area (Å²) in [7, 11) is 0. The van der Waals surface area contributed by atoms with Gasteiger partial charge in [0.2, 0.25) is 5.95 Å². The van der Waals surface area contributed by atoms with Crippen molar-refractivity contribution in [3.8, 4) is 11.4 Å². The zero-order valence-corrected chi connectivity index (χ0v) is 11.7. The van der Waals surface area contributed by atoms with Crippen molar-refractivity contribution in [2.24, 2.45) is 0 Å². The second-order valence-electron chi connectivity index (χ2n) is 4.53. The number of hydrogen-bond donors (Lipinski definition) is 1. The summed E-state index contributed by atoms with van der Waals surface area (Å²) in [5, 5.41) is 3.19. The molecule has 3 rings (SSSR count). The number of nitrogens with zero attached hydrogens (tertiary/aromatic N) is 4. The van der Waals surface area contributed by atoms with Crippen LogP contribution in [0.15, 0.2) is 55.1 Å². The lowest BCUT2D eigenvalue weighted by atomic mass is 10.1. The van der Waals surface area contributed by atoms with Crippen molar-refractivity contribution in [2.75, 3.05) is 5.32 Å². The maximum Gasteiger partial charge on any atom is 0.227 e. The molecule has 0 radical (unpaired) electrons.